The van der Waals surface area contributed by atoms with Crippen molar-refractivity contribution in [1.82, 2.24) is 10.7 Å². The van der Waals surface area contributed by atoms with Crippen molar-refractivity contribution in [2.45, 2.75) is 33.1 Å². The lowest BCUT2D eigenvalue weighted by atomic mass is 9.86. The third kappa shape index (κ3) is 6.03. The predicted octanol–water partition coefficient (Wildman–Crippen LogP) is 4.02. The fourth-order valence-corrected chi connectivity index (χ4v) is 2.83. The first kappa shape index (κ1) is 20.8. The molecule has 2 aromatic rings. The zero-order chi connectivity index (χ0) is 20.0. The third-order valence-electron chi connectivity index (χ3n) is 4.04. The predicted molar refractivity (Wildman–Crippen MR) is 112 cm³/mol. The molecule has 0 aliphatic carbocycles. The van der Waals surface area contributed by atoms with E-state index in [1.807, 2.05) is 25.1 Å². The molecule has 0 saturated carbocycles. The number of carbonyl (C=O) groups excluding carboxylic acids is 2. The molecule has 2 N–H and O–H groups in total. The van der Waals surface area contributed by atoms with Gasteiger partial charge in [-0.25, -0.2) is 5.43 Å². The van der Waals surface area contributed by atoms with Crippen LogP contribution in [0.25, 0.3) is 0 Å². The smallest absolute Gasteiger partial charge is 0.259 e. The Balaban J connectivity index is 1.90. The Morgan fingerprint density at radius 2 is 1.67 bits per heavy atom. The van der Waals surface area contributed by atoms with Gasteiger partial charge in [-0.2, -0.15) is 5.10 Å². The van der Waals surface area contributed by atoms with Crippen LogP contribution in [-0.2, 0) is 10.2 Å². The number of hydrogen-bond donors (Lipinski definition) is 2. The number of carbonyl (C=O) groups is 2. The second-order valence-corrected chi connectivity index (χ2v) is 8.08. The van der Waals surface area contributed by atoms with Crippen LogP contribution >= 0.6 is 15.9 Å². The Morgan fingerprint density at radius 1 is 1.04 bits per heavy atom. The quantitative estimate of drug-likeness (QED) is 0.556. The van der Waals surface area contributed by atoms with Gasteiger partial charge in [0.05, 0.1) is 17.8 Å². The highest BCUT2D eigenvalue weighted by Gasteiger charge is 2.13. The summed E-state index contributed by atoms with van der Waals surface area (Å²) in [6.45, 7) is 8.15. The molecule has 0 aromatic heterocycles. The van der Waals surface area contributed by atoms with Crippen molar-refractivity contribution in [2.24, 2.45) is 5.10 Å². The van der Waals surface area contributed by atoms with Crippen LogP contribution in [0.4, 0.5) is 0 Å². The summed E-state index contributed by atoms with van der Waals surface area (Å²) in [5, 5.41) is 6.69. The van der Waals surface area contributed by atoms with Crippen LogP contribution in [0.5, 0.6) is 0 Å². The Hall–Kier alpha value is -2.47. The zero-order valence-corrected chi connectivity index (χ0v) is 17.6. The second-order valence-electron chi connectivity index (χ2n) is 7.22. The van der Waals surface area contributed by atoms with Gasteiger partial charge in [-0.05, 0) is 51.5 Å². The molecule has 0 saturated heterocycles. The normalized spacial score (nSPS) is 11.8. The zero-order valence-electron chi connectivity index (χ0n) is 16.0. The van der Waals surface area contributed by atoms with E-state index >= 15 is 0 Å². The van der Waals surface area contributed by atoms with Gasteiger partial charge >= 0.3 is 0 Å². The average molecular weight is 430 g/mol. The summed E-state index contributed by atoms with van der Waals surface area (Å²) < 4.78 is 0.676. The van der Waals surface area contributed by atoms with Crippen LogP contribution in [0, 0.1) is 0 Å². The lowest BCUT2D eigenvalue weighted by molar-refractivity contribution is -0.120. The molecule has 0 atom stereocenters. The molecular formula is C21H24BrN3O2. The van der Waals surface area contributed by atoms with Gasteiger partial charge in [-0.1, -0.05) is 57.2 Å². The lowest BCUT2D eigenvalue weighted by Crippen LogP contribution is -2.35. The average Bonchev–Trinajstić information content (AvgIpc) is 2.64. The number of amides is 2. The molecule has 0 aliphatic rings. The first-order valence-corrected chi connectivity index (χ1v) is 9.44. The van der Waals surface area contributed by atoms with E-state index in [0.717, 1.165) is 5.56 Å². The van der Waals surface area contributed by atoms with Crippen LogP contribution < -0.4 is 10.7 Å². The first-order chi connectivity index (χ1) is 12.7. The molecule has 0 fully saturated rings. The van der Waals surface area contributed by atoms with Crippen LogP contribution in [0.3, 0.4) is 0 Å². The molecular weight excluding hydrogens is 406 g/mol. The minimum absolute atomic E-state index is 0.0871. The maximum absolute atomic E-state index is 12.1. The van der Waals surface area contributed by atoms with Crippen molar-refractivity contribution in [3.05, 3.63) is 69.7 Å². The van der Waals surface area contributed by atoms with Crippen LogP contribution in [-0.4, -0.2) is 24.1 Å². The molecule has 2 amide bonds. The molecule has 0 heterocycles. The molecule has 5 nitrogen and oxygen atoms in total. The molecule has 27 heavy (non-hydrogen) atoms. The van der Waals surface area contributed by atoms with Gasteiger partial charge in [0, 0.05) is 4.47 Å². The van der Waals surface area contributed by atoms with E-state index in [-0.39, 0.29) is 23.8 Å². The lowest BCUT2D eigenvalue weighted by Gasteiger charge is -2.19. The summed E-state index contributed by atoms with van der Waals surface area (Å²) in [6.07, 6.45) is 0. The maximum atomic E-state index is 12.1. The van der Waals surface area contributed by atoms with Gasteiger partial charge in [0.2, 0.25) is 0 Å². The molecule has 2 aromatic carbocycles. The van der Waals surface area contributed by atoms with E-state index in [4.69, 9.17) is 0 Å². The summed E-state index contributed by atoms with van der Waals surface area (Å²) in [5.41, 5.74) is 5.89. The number of rotatable bonds is 5. The highest BCUT2D eigenvalue weighted by Crippen LogP contribution is 2.22. The van der Waals surface area contributed by atoms with Gasteiger partial charge in [0.15, 0.2) is 0 Å². The molecule has 0 spiro atoms. The number of hydrogen-bond acceptors (Lipinski definition) is 3. The van der Waals surface area contributed by atoms with Crippen LogP contribution in [0.2, 0.25) is 0 Å². The standard InChI is InChI=1S/C21H24BrN3O2/c1-14(15-9-11-16(12-10-15)21(2,3)4)24-25-19(26)13-23-20(27)17-7-5-6-8-18(17)22/h5-12H,13H2,1-4H3,(H,23,27)(H,25,26). The molecule has 6 heteroatoms. The first-order valence-electron chi connectivity index (χ1n) is 8.65. The minimum Gasteiger partial charge on any atom is -0.343 e. The molecule has 2 rings (SSSR count). The Bertz CT molecular complexity index is 852. The van der Waals surface area contributed by atoms with Crippen molar-refractivity contribution in [2.75, 3.05) is 6.54 Å². The molecule has 0 radical (unpaired) electrons. The van der Waals surface area contributed by atoms with Gasteiger partial charge in [-0.3, -0.25) is 9.59 Å². The van der Waals surface area contributed by atoms with E-state index in [2.05, 4.69) is 64.7 Å². The largest absolute Gasteiger partial charge is 0.343 e. The maximum Gasteiger partial charge on any atom is 0.259 e. The number of benzene rings is 2. The SMILES string of the molecule is CC(=NNC(=O)CNC(=O)c1ccccc1Br)c1ccc(C(C)(C)C)cc1. The van der Waals surface area contributed by atoms with Crippen molar-refractivity contribution in [3.8, 4) is 0 Å². The fraction of sp³-hybridized carbons (Fsp3) is 0.286. The van der Waals surface area contributed by atoms with Crippen molar-refractivity contribution < 1.29 is 9.59 Å². The Labute approximate surface area is 168 Å². The number of nitrogens with zero attached hydrogens (tertiary/aromatic N) is 1. The summed E-state index contributed by atoms with van der Waals surface area (Å²) in [4.78, 5) is 24.0. The van der Waals surface area contributed by atoms with Crippen LogP contribution in [0.1, 0.15) is 49.2 Å². The van der Waals surface area contributed by atoms with Crippen molar-refractivity contribution >= 4 is 33.5 Å². The number of halogens is 1. The second kappa shape index (κ2) is 8.95. The highest BCUT2D eigenvalue weighted by molar-refractivity contribution is 9.10. The van der Waals surface area contributed by atoms with E-state index in [1.54, 1.807) is 18.2 Å². The molecule has 0 unspecified atom stereocenters. The number of nitrogens with one attached hydrogen (secondary N) is 2. The van der Waals surface area contributed by atoms with E-state index in [0.29, 0.717) is 15.7 Å². The van der Waals surface area contributed by atoms with Crippen molar-refractivity contribution in [3.63, 3.8) is 0 Å². The topological polar surface area (TPSA) is 70.6 Å². The summed E-state index contributed by atoms with van der Waals surface area (Å²) >= 11 is 3.31. The number of hydrazone groups is 1. The minimum atomic E-state index is -0.388. The van der Waals surface area contributed by atoms with E-state index in [9.17, 15) is 9.59 Å². The van der Waals surface area contributed by atoms with Gasteiger partial charge in [-0.15, -0.1) is 0 Å². The molecule has 0 aliphatic heterocycles. The summed E-state index contributed by atoms with van der Waals surface area (Å²) in [5.74, 6) is -0.711. The van der Waals surface area contributed by atoms with Gasteiger partial charge < -0.3 is 5.32 Å². The third-order valence-corrected chi connectivity index (χ3v) is 4.74. The highest BCUT2D eigenvalue weighted by atomic mass is 79.9. The Kier molecular flexibility index (Phi) is 6.91. The summed E-state index contributed by atoms with van der Waals surface area (Å²) in [6, 6.07) is 15.1. The molecule has 142 valence electrons. The van der Waals surface area contributed by atoms with E-state index in [1.165, 1.54) is 5.56 Å². The van der Waals surface area contributed by atoms with Crippen molar-refractivity contribution in [1.29, 1.82) is 0 Å². The monoisotopic (exact) mass is 429 g/mol. The van der Waals surface area contributed by atoms with E-state index < -0.39 is 0 Å². The van der Waals surface area contributed by atoms with Gasteiger partial charge in [0.1, 0.15) is 0 Å². The van der Waals surface area contributed by atoms with Gasteiger partial charge in [0.25, 0.3) is 11.8 Å². The van der Waals surface area contributed by atoms with Crippen LogP contribution in [0.15, 0.2) is 58.1 Å². The Morgan fingerprint density at radius 3 is 2.26 bits per heavy atom. The fourth-order valence-electron chi connectivity index (χ4n) is 2.36. The summed E-state index contributed by atoms with van der Waals surface area (Å²) in [7, 11) is 0. The molecule has 0 bridgehead atoms.